The molecule has 0 aliphatic rings. The van der Waals surface area contributed by atoms with Gasteiger partial charge in [-0.3, -0.25) is 4.98 Å². The number of para-hydroxylation sites is 1. The summed E-state index contributed by atoms with van der Waals surface area (Å²) in [5.41, 5.74) is 2.57. The molecule has 0 aliphatic heterocycles. The maximum Gasteiger partial charge on any atom is 0.0749 e. The number of rotatable bonds is 3. The van der Waals surface area contributed by atoms with Crippen molar-refractivity contribution in [2.75, 3.05) is 6.54 Å². The third-order valence-electron chi connectivity index (χ3n) is 3.25. The van der Waals surface area contributed by atoms with Gasteiger partial charge in [0.2, 0.25) is 0 Å². The van der Waals surface area contributed by atoms with Crippen molar-refractivity contribution in [2.24, 2.45) is 5.41 Å². The third-order valence-corrected chi connectivity index (χ3v) is 3.25. The Bertz CT molecular complexity index is 521. The SMILES string of the molecule is CCNC(c1cccc2cccnc12)C(C)(C)C. The van der Waals surface area contributed by atoms with Crippen LogP contribution in [0.15, 0.2) is 36.5 Å². The second kappa shape index (κ2) is 5.07. The highest BCUT2D eigenvalue weighted by atomic mass is 14.9. The number of fused-ring (bicyclic) bond motifs is 1. The van der Waals surface area contributed by atoms with Gasteiger partial charge in [0.15, 0.2) is 0 Å². The smallest absolute Gasteiger partial charge is 0.0749 e. The monoisotopic (exact) mass is 242 g/mol. The predicted molar refractivity (Wildman–Crippen MR) is 77.6 cm³/mol. The first-order valence-electron chi connectivity index (χ1n) is 6.61. The Labute approximate surface area is 109 Å². The Morgan fingerprint density at radius 1 is 1.17 bits per heavy atom. The second-order valence-electron chi connectivity index (χ2n) is 5.78. The van der Waals surface area contributed by atoms with E-state index >= 15 is 0 Å². The van der Waals surface area contributed by atoms with Crippen LogP contribution >= 0.6 is 0 Å². The minimum Gasteiger partial charge on any atom is -0.310 e. The van der Waals surface area contributed by atoms with Crippen LogP contribution in [0.4, 0.5) is 0 Å². The molecule has 18 heavy (non-hydrogen) atoms. The van der Waals surface area contributed by atoms with Gasteiger partial charge in [0.05, 0.1) is 5.52 Å². The number of nitrogens with zero attached hydrogens (tertiary/aromatic N) is 1. The zero-order valence-corrected chi connectivity index (χ0v) is 11.7. The number of nitrogens with one attached hydrogen (secondary N) is 1. The molecule has 1 unspecified atom stereocenters. The van der Waals surface area contributed by atoms with E-state index in [1.54, 1.807) is 0 Å². The molecule has 0 aliphatic carbocycles. The molecule has 0 bridgehead atoms. The summed E-state index contributed by atoms with van der Waals surface area (Å²) in [4.78, 5) is 4.56. The van der Waals surface area contributed by atoms with Crippen LogP contribution in [-0.4, -0.2) is 11.5 Å². The van der Waals surface area contributed by atoms with Gasteiger partial charge in [-0.1, -0.05) is 52.0 Å². The molecule has 1 N–H and O–H groups in total. The number of hydrogen-bond donors (Lipinski definition) is 1. The molecule has 2 heteroatoms. The predicted octanol–water partition coefficient (Wildman–Crippen LogP) is 3.93. The quantitative estimate of drug-likeness (QED) is 0.882. The average molecular weight is 242 g/mol. The number of benzene rings is 1. The second-order valence-corrected chi connectivity index (χ2v) is 5.78. The van der Waals surface area contributed by atoms with Gasteiger partial charge in [0.1, 0.15) is 0 Å². The van der Waals surface area contributed by atoms with E-state index in [9.17, 15) is 0 Å². The first-order valence-corrected chi connectivity index (χ1v) is 6.61. The van der Waals surface area contributed by atoms with Crippen molar-refractivity contribution in [3.63, 3.8) is 0 Å². The van der Waals surface area contributed by atoms with Crippen LogP contribution in [0.1, 0.15) is 39.3 Å². The van der Waals surface area contributed by atoms with Crippen molar-refractivity contribution < 1.29 is 0 Å². The molecule has 1 heterocycles. The van der Waals surface area contributed by atoms with Crippen molar-refractivity contribution >= 4 is 10.9 Å². The van der Waals surface area contributed by atoms with Crippen LogP contribution < -0.4 is 5.32 Å². The van der Waals surface area contributed by atoms with Gasteiger partial charge in [0.25, 0.3) is 0 Å². The topological polar surface area (TPSA) is 24.9 Å². The maximum absolute atomic E-state index is 4.56. The highest BCUT2D eigenvalue weighted by Gasteiger charge is 2.26. The fourth-order valence-corrected chi connectivity index (χ4v) is 2.45. The van der Waals surface area contributed by atoms with Gasteiger partial charge in [-0.25, -0.2) is 0 Å². The summed E-state index contributed by atoms with van der Waals surface area (Å²) in [5.74, 6) is 0. The molecule has 0 amide bonds. The summed E-state index contributed by atoms with van der Waals surface area (Å²) in [6.07, 6.45) is 1.87. The van der Waals surface area contributed by atoms with Crippen LogP contribution in [0.2, 0.25) is 0 Å². The van der Waals surface area contributed by atoms with Crippen LogP contribution in [0.25, 0.3) is 10.9 Å². The minimum atomic E-state index is 0.168. The zero-order valence-electron chi connectivity index (χ0n) is 11.7. The van der Waals surface area contributed by atoms with E-state index in [1.807, 2.05) is 12.3 Å². The van der Waals surface area contributed by atoms with Gasteiger partial charge in [0, 0.05) is 17.6 Å². The van der Waals surface area contributed by atoms with E-state index in [1.165, 1.54) is 10.9 Å². The first-order chi connectivity index (χ1) is 8.54. The maximum atomic E-state index is 4.56. The highest BCUT2D eigenvalue weighted by molar-refractivity contribution is 5.82. The lowest BCUT2D eigenvalue weighted by Gasteiger charge is -2.32. The number of aromatic nitrogens is 1. The molecule has 0 saturated carbocycles. The van der Waals surface area contributed by atoms with Crippen LogP contribution in [0.5, 0.6) is 0 Å². The van der Waals surface area contributed by atoms with Crippen molar-refractivity contribution in [2.45, 2.75) is 33.7 Å². The van der Waals surface area contributed by atoms with Gasteiger partial charge in [-0.15, -0.1) is 0 Å². The number of pyridine rings is 1. The van der Waals surface area contributed by atoms with E-state index in [4.69, 9.17) is 0 Å². The fraction of sp³-hybridized carbons (Fsp3) is 0.438. The summed E-state index contributed by atoms with van der Waals surface area (Å²) < 4.78 is 0. The summed E-state index contributed by atoms with van der Waals surface area (Å²) in [6.45, 7) is 9.91. The zero-order chi connectivity index (χ0) is 13.2. The third kappa shape index (κ3) is 2.54. The van der Waals surface area contributed by atoms with Crippen molar-refractivity contribution in [1.29, 1.82) is 0 Å². The molecule has 0 fully saturated rings. The normalized spacial score (nSPS) is 13.8. The molecule has 2 nitrogen and oxygen atoms in total. The first kappa shape index (κ1) is 13.0. The van der Waals surface area contributed by atoms with Gasteiger partial charge >= 0.3 is 0 Å². The standard InChI is InChI=1S/C16H22N2/c1-5-17-15(16(2,3)4)13-10-6-8-12-9-7-11-18-14(12)13/h6-11,15,17H,5H2,1-4H3. The Balaban J connectivity index is 2.57. The summed E-state index contributed by atoms with van der Waals surface area (Å²) in [6, 6.07) is 10.9. The molecule has 0 saturated heterocycles. The van der Waals surface area contributed by atoms with Crippen molar-refractivity contribution in [3.05, 3.63) is 42.1 Å². The van der Waals surface area contributed by atoms with Crippen molar-refractivity contribution in [1.82, 2.24) is 10.3 Å². The molecular weight excluding hydrogens is 220 g/mol. The fourth-order valence-electron chi connectivity index (χ4n) is 2.45. The van der Waals surface area contributed by atoms with E-state index in [-0.39, 0.29) is 5.41 Å². The summed E-state index contributed by atoms with van der Waals surface area (Å²) in [5, 5.41) is 4.80. The Morgan fingerprint density at radius 2 is 1.89 bits per heavy atom. The molecule has 2 rings (SSSR count). The lowest BCUT2D eigenvalue weighted by Crippen LogP contribution is -2.32. The molecule has 1 aromatic heterocycles. The van der Waals surface area contributed by atoms with Gasteiger partial charge in [-0.05, 0) is 23.6 Å². The average Bonchev–Trinajstić information content (AvgIpc) is 2.34. The van der Waals surface area contributed by atoms with E-state index < -0.39 is 0 Å². The van der Waals surface area contributed by atoms with E-state index in [2.05, 4.69) is 62.3 Å². The van der Waals surface area contributed by atoms with Gasteiger partial charge in [-0.2, -0.15) is 0 Å². The van der Waals surface area contributed by atoms with Crippen LogP contribution in [-0.2, 0) is 0 Å². The highest BCUT2D eigenvalue weighted by Crippen LogP contribution is 2.35. The molecule has 96 valence electrons. The van der Waals surface area contributed by atoms with E-state index in [0.717, 1.165) is 12.1 Å². The summed E-state index contributed by atoms with van der Waals surface area (Å²) in [7, 11) is 0. The molecule has 0 radical (unpaired) electrons. The minimum absolute atomic E-state index is 0.168. The largest absolute Gasteiger partial charge is 0.310 e. The lowest BCUT2D eigenvalue weighted by molar-refractivity contribution is 0.278. The molecule has 2 aromatic rings. The Kier molecular flexibility index (Phi) is 3.67. The number of hydrogen-bond acceptors (Lipinski definition) is 2. The molecule has 1 aromatic carbocycles. The van der Waals surface area contributed by atoms with Crippen LogP contribution in [0.3, 0.4) is 0 Å². The van der Waals surface area contributed by atoms with Crippen molar-refractivity contribution in [3.8, 4) is 0 Å². The molecular formula is C16H22N2. The van der Waals surface area contributed by atoms with Crippen LogP contribution in [0, 0.1) is 5.41 Å². The Morgan fingerprint density at radius 3 is 2.56 bits per heavy atom. The van der Waals surface area contributed by atoms with E-state index in [0.29, 0.717) is 6.04 Å². The molecule has 1 atom stereocenters. The summed E-state index contributed by atoms with van der Waals surface area (Å²) >= 11 is 0. The Hall–Kier alpha value is -1.41. The lowest BCUT2D eigenvalue weighted by atomic mass is 9.81. The molecule has 0 spiro atoms. The van der Waals surface area contributed by atoms with Gasteiger partial charge < -0.3 is 5.32 Å².